The molecule has 0 bridgehead atoms. The highest BCUT2D eigenvalue weighted by Crippen LogP contribution is 2.40. The summed E-state index contributed by atoms with van der Waals surface area (Å²) in [5.41, 5.74) is 1.41. The van der Waals surface area contributed by atoms with Gasteiger partial charge in [0.05, 0.1) is 18.7 Å². The number of aliphatic hydroxyl groups is 1. The van der Waals surface area contributed by atoms with Gasteiger partial charge < -0.3 is 24.7 Å². The Hall–Kier alpha value is -3.58. The van der Waals surface area contributed by atoms with Gasteiger partial charge in [-0.2, -0.15) is 0 Å². The highest BCUT2D eigenvalue weighted by molar-refractivity contribution is 6.14. The van der Waals surface area contributed by atoms with Crippen LogP contribution in [0.3, 0.4) is 0 Å². The van der Waals surface area contributed by atoms with Gasteiger partial charge in [-0.15, -0.1) is 0 Å². The summed E-state index contributed by atoms with van der Waals surface area (Å²) in [4.78, 5) is 29.9. The Morgan fingerprint density at radius 2 is 1.82 bits per heavy atom. The zero-order valence-electron chi connectivity index (χ0n) is 19.2. The average Bonchev–Trinajstić information content (AvgIpc) is 3.09. The van der Waals surface area contributed by atoms with Gasteiger partial charge in [0.15, 0.2) is 23.0 Å². The van der Waals surface area contributed by atoms with Gasteiger partial charge in [0.25, 0.3) is 5.91 Å². The fourth-order valence-corrected chi connectivity index (χ4v) is 3.96. The molecule has 0 aliphatic carbocycles. The van der Waals surface area contributed by atoms with Gasteiger partial charge in [-0.1, -0.05) is 56.3 Å². The zero-order valence-corrected chi connectivity index (χ0v) is 19.2. The Kier molecular flexibility index (Phi) is 7.90. The van der Waals surface area contributed by atoms with Crippen LogP contribution in [-0.2, 0) is 9.59 Å². The minimum atomic E-state index is -0.796. The zero-order chi connectivity index (χ0) is 24.0. The highest BCUT2D eigenvalue weighted by Gasteiger charge is 2.43. The SMILES string of the molecule is CCN(CC)CCN1C(=O)C(O)=C(C(=O)/C=C/c2ccccc2)C1c1ccc(O)c(OC)c1. The largest absolute Gasteiger partial charge is 0.504 e. The molecule has 2 N–H and O–H groups in total. The highest BCUT2D eigenvalue weighted by atomic mass is 16.5. The summed E-state index contributed by atoms with van der Waals surface area (Å²) in [7, 11) is 1.43. The number of ether oxygens (including phenoxy) is 1. The van der Waals surface area contributed by atoms with Crippen molar-refractivity contribution < 1.29 is 24.5 Å². The molecule has 7 heteroatoms. The van der Waals surface area contributed by atoms with Crippen molar-refractivity contribution in [1.82, 2.24) is 9.80 Å². The smallest absolute Gasteiger partial charge is 0.290 e. The van der Waals surface area contributed by atoms with Crippen molar-refractivity contribution >= 4 is 17.8 Å². The minimum absolute atomic E-state index is 0.0134. The molecule has 1 aliphatic rings. The maximum Gasteiger partial charge on any atom is 0.290 e. The first kappa shape index (κ1) is 24.1. The number of methoxy groups -OCH3 is 1. The lowest BCUT2D eigenvalue weighted by atomic mass is 9.95. The van der Waals surface area contributed by atoms with Crippen LogP contribution in [0.2, 0.25) is 0 Å². The van der Waals surface area contributed by atoms with Gasteiger partial charge in [-0.05, 0) is 42.4 Å². The Morgan fingerprint density at radius 3 is 2.45 bits per heavy atom. The normalized spacial score (nSPS) is 16.3. The number of phenols is 1. The number of rotatable bonds is 10. The molecule has 0 spiro atoms. The number of likely N-dealkylation sites (N-methyl/N-ethyl adjacent to an activating group) is 1. The number of aromatic hydroxyl groups is 1. The van der Waals surface area contributed by atoms with Crippen LogP contribution in [0.1, 0.15) is 31.0 Å². The first-order valence-corrected chi connectivity index (χ1v) is 11.0. The number of aliphatic hydroxyl groups excluding tert-OH is 1. The van der Waals surface area contributed by atoms with Crippen LogP contribution in [0.4, 0.5) is 0 Å². The third kappa shape index (κ3) is 5.26. The Bertz CT molecular complexity index is 1060. The van der Waals surface area contributed by atoms with Crippen LogP contribution in [0.5, 0.6) is 11.5 Å². The summed E-state index contributed by atoms with van der Waals surface area (Å²) >= 11 is 0. The molecule has 1 atom stereocenters. The van der Waals surface area contributed by atoms with E-state index in [4.69, 9.17) is 4.74 Å². The standard InChI is InChI=1S/C26H30N2O5/c1-4-27(5-2)15-16-28-24(19-12-14-20(29)22(17-19)33-3)23(25(31)26(28)32)21(30)13-11-18-9-7-6-8-10-18/h6-14,17,24,29,31H,4-5,15-16H2,1-3H3/b13-11+. The summed E-state index contributed by atoms with van der Waals surface area (Å²) in [6.45, 7) is 6.65. The fraction of sp³-hybridized carbons (Fsp3) is 0.308. The van der Waals surface area contributed by atoms with Crippen molar-refractivity contribution in [3.05, 3.63) is 77.1 Å². The second kappa shape index (κ2) is 10.8. The number of hydrogen-bond donors (Lipinski definition) is 2. The number of phenolic OH excluding ortho intramolecular Hbond substituents is 1. The molecule has 2 aromatic rings. The van der Waals surface area contributed by atoms with E-state index >= 15 is 0 Å². The van der Waals surface area contributed by atoms with Crippen LogP contribution in [0.15, 0.2) is 65.9 Å². The van der Waals surface area contributed by atoms with Crippen LogP contribution in [-0.4, -0.2) is 65.0 Å². The Labute approximate surface area is 194 Å². The second-order valence-electron chi connectivity index (χ2n) is 7.73. The number of ketones is 1. The predicted octanol–water partition coefficient (Wildman–Crippen LogP) is 3.72. The maximum atomic E-state index is 13.2. The molecular weight excluding hydrogens is 420 g/mol. The third-order valence-electron chi connectivity index (χ3n) is 5.87. The number of hydrogen-bond acceptors (Lipinski definition) is 6. The average molecular weight is 451 g/mol. The number of carbonyl (C=O) groups is 2. The number of allylic oxidation sites excluding steroid dienone is 1. The van der Waals surface area contributed by atoms with E-state index in [0.717, 1.165) is 18.7 Å². The minimum Gasteiger partial charge on any atom is -0.504 e. The van der Waals surface area contributed by atoms with E-state index in [0.29, 0.717) is 18.7 Å². The molecule has 0 saturated heterocycles. The van der Waals surface area contributed by atoms with Crippen LogP contribution in [0, 0.1) is 0 Å². The summed E-state index contributed by atoms with van der Waals surface area (Å²) in [5, 5.41) is 20.7. The molecule has 2 aromatic carbocycles. The van der Waals surface area contributed by atoms with E-state index in [1.807, 2.05) is 44.2 Å². The number of amides is 1. The number of carbonyl (C=O) groups excluding carboxylic acids is 2. The predicted molar refractivity (Wildman–Crippen MR) is 127 cm³/mol. The quantitative estimate of drug-likeness (QED) is 0.536. The summed E-state index contributed by atoms with van der Waals surface area (Å²) in [6.07, 6.45) is 3.02. The molecule has 1 unspecified atom stereocenters. The molecule has 33 heavy (non-hydrogen) atoms. The Balaban J connectivity index is 2.00. The number of benzene rings is 2. The molecule has 7 nitrogen and oxygen atoms in total. The van der Waals surface area contributed by atoms with Crippen LogP contribution >= 0.6 is 0 Å². The molecular formula is C26H30N2O5. The van der Waals surface area contributed by atoms with Crippen molar-refractivity contribution in [1.29, 1.82) is 0 Å². The van der Waals surface area contributed by atoms with E-state index in [9.17, 15) is 19.8 Å². The van der Waals surface area contributed by atoms with Crippen LogP contribution < -0.4 is 4.74 Å². The van der Waals surface area contributed by atoms with Gasteiger partial charge in [0.2, 0.25) is 0 Å². The third-order valence-corrected chi connectivity index (χ3v) is 5.87. The first-order valence-electron chi connectivity index (χ1n) is 11.0. The molecule has 1 amide bonds. The lowest BCUT2D eigenvalue weighted by Crippen LogP contribution is -2.38. The fourth-order valence-electron chi connectivity index (χ4n) is 3.96. The van der Waals surface area contributed by atoms with E-state index in [1.54, 1.807) is 18.2 Å². The molecule has 0 saturated carbocycles. The summed E-state index contributed by atoms with van der Waals surface area (Å²) in [5.74, 6) is -1.41. The van der Waals surface area contributed by atoms with Crippen LogP contribution in [0.25, 0.3) is 6.08 Å². The van der Waals surface area contributed by atoms with E-state index < -0.39 is 23.5 Å². The van der Waals surface area contributed by atoms with Crippen molar-refractivity contribution in [3.63, 3.8) is 0 Å². The topological polar surface area (TPSA) is 90.3 Å². The molecule has 1 aliphatic heterocycles. The van der Waals surface area contributed by atoms with E-state index in [-0.39, 0.29) is 17.1 Å². The molecule has 1 heterocycles. The van der Waals surface area contributed by atoms with Crippen molar-refractivity contribution in [2.45, 2.75) is 19.9 Å². The van der Waals surface area contributed by atoms with E-state index in [1.165, 1.54) is 24.2 Å². The summed E-state index contributed by atoms with van der Waals surface area (Å²) < 4.78 is 5.23. The van der Waals surface area contributed by atoms with Crippen molar-refractivity contribution in [3.8, 4) is 11.5 Å². The van der Waals surface area contributed by atoms with Gasteiger partial charge in [-0.25, -0.2) is 0 Å². The van der Waals surface area contributed by atoms with Crippen molar-refractivity contribution in [2.24, 2.45) is 0 Å². The second-order valence-corrected chi connectivity index (χ2v) is 7.73. The molecule has 174 valence electrons. The van der Waals surface area contributed by atoms with Gasteiger partial charge >= 0.3 is 0 Å². The lowest BCUT2D eigenvalue weighted by molar-refractivity contribution is -0.129. The summed E-state index contributed by atoms with van der Waals surface area (Å²) in [6, 6.07) is 13.2. The number of nitrogens with zero attached hydrogens (tertiary/aromatic N) is 2. The molecule has 0 aromatic heterocycles. The molecule has 0 fully saturated rings. The van der Waals surface area contributed by atoms with E-state index in [2.05, 4.69) is 4.90 Å². The van der Waals surface area contributed by atoms with Gasteiger partial charge in [0, 0.05) is 13.1 Å². The first-order chi connectivity index (χ1) is 15.9. The monoisotopic (exact) mass is 450 g/mol. The maximum absolute atomic E-state index is 13.2. The van der Waals surface area contributed by atoms with Gasteiger partial charge in [-0.3, -0.25) is 9.59 Å². The van der Waals surface area contributed by atoms with Crippen molar-refractivity contribution in [2.75, 3.05) is 33.3 Å². The lowest BCUT2D eigenvalue weighted by Gasteiger charge is -2.29. The Morgan fingerprint density at radius 1 is 1.12 bits per heavy atom. The molecule has 3 rings (SSSR count). The van der Waals surface area contributed by atoms with Gasteiger partial charge in [0.1, 0.15) is 0 Å². The molecule has 0 radical (unpaired) electrons.